The fourth-order valence-electron chi connectivity index (χ4n) is 6.15. The summed E-state index contributed by atoms with van der Waals surface area (Å²) in [5.41, 5.74) is 12.1. The van der Waals surface area contributed by atoms with Crippen molar-refractivity contribution >= 4 is 33.5 Å². The van der Waals surface area contributed by atoms with Crippen molar-refractivity contribution in [3.63, 3.8) is 0 Å². The van der Waals surface area contributed by atoms with Gasteiger partial charge in [0.05, 0.1) is 31.2 Å². The maximum Gasteiger partial charge on any atom is 0.310 e. The summed E-state index contributed by atoms with van der Waals surface area (Å²) in [7, 11) is 1.65. The fraction of sp³-hybridized carbons (Fsp3) is 0.343. The summed E-state index contributed by atoms with van der Waals surface area (Å²) in [6, 6.07) is 21.0. The molecule has 2 N–H and O–H groups in total. The van der Waals surface area contributed by atoms with E-state index in [1.807, 2.05) is 31.2 Å². The van der Waals surface area contributed by atoms with Gasteiger partial charge in [0.25, 0.3) is 0 Å². The standard InChI is InChI=1S/C35H38N4O4/c1-3-42-34(40)20-27-17-23(21-41-2)9-14-33(27)43-22-31-30-19-26(25-11-10-24-15-16-37-35(36)29(24)18-25)12-13-32(30)39(38-31)28-7-5-4-6-8-28/h9-19,28H,3-8,20-22H2,1-2H3,(H2,36,37). The number of anilines is 1. The lowest BCUT2D eigenvalue weighted by atomic mass is 9.95. The van der Waals surface area contributed by atoms with Gasteiger partial charge in [-0.3, -0.25) is 9.48 Å². The van der Waals surface area contributed by atoms with E-state index in [1.165, 1.54) is 19.3 Å². The lowest BCUT2D eigenvalue weighted by molar-refractivity contribution is -0.142. The minimum Gasteiger partial charge on any atom is -0.487 e. The molecule has 0 saturated heterocycles. The average molecular weight is 579 g/mol. The highest BCUT2D eigenvalue weighted by atomic mass is 16.5. The monoisotopic (exact) mass is 578 g/mol. The summed E-state index contributed by atoms with van der Waals surface area (Å²) in [4.78, 5) is 16.7. The van der Waals surface area contributed by atoms with Gasteiger partial charge in [-0.1, -0.05) is 43.5 Å². The van der Waals surface area contributed by atoms with Crippen molar-refractivity contribution in [2.75, 3.05) is 19.5 Å². The van der Waals surface area contributed by atoms with Crippen LogP contribution in [-0.2, 0) is 33.9 Å². The first-order chi connectivity index (χ1) is 21.0. The number of esters is 1. The van der Waals surface area contributed by atoms with Crippen LogP contribution in [0.2, 0.25) is 0 Å². The van der Waals surface area contributed by atoms with Crippen molar-refractivity contribution in [2.24, 2.45) is 0 Å². The maximum absolute atomic E-state index is 12.4. The van der Waals surface area contributed by atoms with Gasteiger partial charge in [-0.2, -0.15) is 5.10 Å². The summed E-state index contributed by atoms with van der Waals surface area (Å²) >= 11 is 0. The molecule has 1 aliphatic carbocycles. The van der Waals surface area contributed by atoms with E-state index in [4.69, 9.17) is 25.0 Å². The van der Waals surface area contributed by atoms with Crippen LogP contribution in [-0.4, -0.2) is 34.5 Å². The lowest BCUT2D eigenvalue weighted by Crippen LogP contribution is -2.14. The van der Waals surface area contributed by atoms with Crippen LogP contribution in [0.25, 0.3) is 32.8 Å². The largest absolute Gasteiger partial charge is 0.487 e. The van der Waals surface area contributed by atoms with E-state index in [2.05, 4.69) is 46.1 Å². The van der Waals surface area contributed by atoms with E-state index in [0.717, 1.165) is 62.5 Å². The van der Waals surface area contributed by atoms with E-state index >= 15 is 0 Å². The van der Waals surface area contributed by atoms with Crippen LogP contribution in [0, 0.1) is 0 Å². The van der Waals surface area contributed by atoms with Crippen molar-refractivity contribution in [1.82, 2.24) is 14.8 Å². The van der Waals surface area contributed by atoms with Crippen molar-refractivity contribution in [2.45, 2.75) is 64.7 Å². The zero-order valence-corrected chi connectivity index (χ0v) is 24.8. The van der Waals surface area contributed by atoms with Crippen LogP contribution < -0.4 is 10.5 Å². The third kappa shape index (κ3) is 6.20. The first-order valence-electron chi connectivity index (χ1n) is 15.1. The number of ether oxygens (including phenoxy) is 3. The van der Waals surface area contributed by atoms with Crippen molar-refractivity contribution < 1.29 is 19.0 Å². The summed E-state index contributed by atoms with van der Waals surface area (Å²) in [6.07, 6.45) is 7.82. The predicted molar refractivity (Wildman–Crippen MR) is 169 cm³/mol. The molecule has 0 spiro atoms. The average Bonchev–Trinajstić information content (AvgIpc) is 3.39. The molecule has 1 saturated carbocycles. The molecule has 0 atom stereocenters. The van der Waals surface area contributed by atoms with Crippen molar-refractivity contribution in [1.29, 1.82) is 0 Å². The molecule has 0 unspecified atom stereocenters. The number of nitrogens with two attached hydrogens (primary N) is 1. The smallest absolute Gasteiger partial charge is 0.310 e. The molecule has 0 aliphatic heterocycles. The normalized spacial score (nSPS) is 13.9. The number of fused-ring (bicyclic) bond motifs is 2. The molecule has 3 aromatic carbocycles. The summed E-state index contributed by atoms with van der Waals surface area (Å²) in [5.74, 6) is 0.876. The van der Waals surface area contributed by atoms with Gasteiger partial charge in [-0.15, -0.1) is 0 Å². The molecule has 8 nitrogen and oxygen atoms in total. The highest BCUT2D eigenvalue weighted by Gasteiger charge is 2.22. The molecule has 2 heterocycles. The van der Waals surface area contributed by atoms with Gasteiger partial charge in [0.2, 0.25) is 0 Å². The van der Waals surface area contributed by atoms with Gasteiger partial charge in [-0.05, 0) is 78.2 Å². The van der Waals surface area contributed by atoms with Crippen LogP contribution >= 0.6 is 0 Å². The van der Waals surface area contributed by atoms with Gasteiger partial charge < -0.3 is 19.9 Å². The Hall–Kier alpha value is -4.43. The Bertz CT molecular complexity index is 1760. The number of hydrogen-bond acceptors (Lipinski definition) is 7. The van der Waals surface area contributed by atoms with Crippen LogP contribution in [0.1, 0.15) is 61.9 Å². The Morgan fingerprint density at radius 2 is 1.74 bits per heavy atom. The number of nitrogens with zero attached hydrogens (tertiary/aromatic N) is 3. The van der Waals surface area contributed by atoms with E-state index < -0.39 is 0 Å². The maximum atomic E-state index is 12.4. The number of benzene rings is 3. The predicted octanol–water partition coefficient (Wildman–Crippen LogP) is 7.17. The molecule has 0 radical (unpaired) electrons. The Morgan fingerprint density at radius 3 is 2.53 bits per heavy atom. The van der Waals surface area contributed by atoms with Crippen LogP contribution in [0.3, 0.4) is 0 Å². The number of pyridine rings is 1. The highest BCUT2D eigenvalue weighted by Crippen LogP contribution is 2.35. The number of carbonyl (C=O) groups excluding carboxylic acids is 1. The zero-order valence-electron chi connectivity index (χ0n) is 24.8. The highest BCUT2D eigenvalue weighted by molar-refractivity contribution is 5.95. The molecular formula is C35H38N4O4. The van der Waals surface area contributed by atoms with E-state index in [9.17, 15) is 4.79 Å². The summed E-state index contributed by atoms with van der Waals surface area (Å²) in [5, 5.41) is 8.20. The molecular weight excluding hydrogens is 540 g/mol. The Kier molecular flexibility index (Phi) is 8.56. The van der Waals surface area contributed by atoms with E-state index in [1.54, 1.807) is 13.3 Å². The molecule has 2 aromatic heterocycles. The van der Waals surface area contributed by atoms with Crippen molar-refractivity contribution in [3.05, 3.63) is 83.7 Å². The van der Waals surface area contributed by atoms with E-state index in [0.29, 0.717) is 30.8 Å². The second kappa shape index (κ2) is 12.8. The molecule has 1 aliphatic rings. The van der Waals surface area contributed by atoms with Crippen LogP contribution in [0.5, 0.6) is 5.75 Å². The van der Waals surface area contributed by atoms with Crippen LogP contribution in [0.4, 0.5) is 5.82 Å². The third-order valence-corrected chi connectivity index (χ3v) is 8.27. The van der Waals surface area contributed by atoms with Gasteiger partial charge in [0, 0.05) is 29.6 Å². The molecule has 8 heteroatoms. The number of aromatic nitrogens is 3. The number of carbonyl (C=O) groups is 1. The fourth-order valence-corrected chi connectivity index (χ4v) is 6.15. The second-order valence-corrected chi connectivity index (χ2v) is 11.2. The molecule has 0 bridgehead atoms. The first-order valence-corrected chi connectivity index (χ1v) is 15.1. The van der Waals surface area contributed by atoms with E-state index in [-0.39, 0.29) is 19.0 Å². The molecule has 43 heavy (non-hydrogen) atoms. The Balaban J connectivity index is 1.37. The minimum atomic E-state index is -0.287. The van der Waals surface area contributed by atoms with Gasteiger partial charge in [0.15, 0.2) is 0 Å². The topological polar surface area (TPSA) is 101 Å². The third-order valence-electron chi connectivity index (χ3n) is 8.27. The Morgan fingerprint density at radius 1 is 0.953 bits per heavy atom. The lowest BCUT2D eigenvalue weighted by Gasteiger charge is -2.22. The molecule has 5 aromatic rings. The number of rotatable bonds is 10. The quantitative estimate of drug-likeness (QED) is 0.175. The van der Waals surface area contributed by atoms with Gasteiger partial charge in [0.1, 0.15) is 23.9 Å². The summed E-state index contributed by atoms with van der Waals surface area (Å²) < 4.78 is 19.2. The number of methoxy groups -OCH3 is 1. The molecule has 0 amide bonds. The molecule has 6 rings (SSSR count). The SMILES string of the molecule is CCOC(=O)Cc1cc(COC)ccc1OCc1nn(C2CCCCC2)c2ccc(-c3ccc4ccnc(N)c4c3)cc12. The zero-order chi connectivity index (χ0) is 29.8. The summed E-state index contributed by atoms with van der Waals surface area (Å²) in [6.45, 7) is 2.86. The minimum absolute atomic E-state index is 0.127. The molecule has 1 fully saturated rings. The second-order valence-electron chi connectivity index (χ2n) is 11.2. The van der Waals surface area contributed by atoms with Gasteiger partial charge in [-0.25, -0.2) is 4.98 Å². The molecule has 222 valence electrons. The van der Waals surface area contributed by atoms with Crippen LogP contribution in [0.15, 0.2) is 66.9 Å². The van der Waals surface area contributed by atoms with Crippen molar-refractivity contribution in [3.8, 4) is 16.9 Å². The van der Waals surface area contributed by atoms with Gasteiger partial charge >= 0.3 is 5.97 Å². The number of nitrogen functional groups attached to an aromatic ring is 1. The first kappa shape index (κ1) is 28.7. The Labute approximate surface area is 251 Å². The number of hydrogen-bond donors (Lipinski definition) is 1.